The number of methoxy groups -OCH3 is 1. The average Bonchev–Trinajstić information content (AvgIpc) is 2.43. The van der Waals surface area contributed by atoms with Crippen LogP contribution in [0.3, 0.4) is 0 Å². The summed E-state index contributed by atoms with van der Waals surface area (Å²) in [7, 11) is -3.07. The number of Topliss-reactive ketones (excluding diaryl/α,β-unsaturated/α-hetero) is 1. The van der Waals surface area contributed by atoms with Gasteiger partial charge in [0.1, 0.15) is 22.5 Å². The fraction of sp³-hybridized carbons (Fsp3) is 0.429. The van der Waals surface area contributed by atoms with E-state index in [4.69, 9.17) is 4.74 Å². The molecule has 9 heteroatoms. The van der Waals surface area contributed by atoms with Gasteiger partial charge in [-0.15, -0.1) is 0 Å². The summed E-state index contributed by atoms with van der Waals surface area (Å²) in [5.74, 6) is -0.352. The van der Waals surface area contributed by atoms with Crippen molar-refractivity contribution in [1.29, 1.82) is 0 Å². The number of unbranched alkanes of at least 4 members (excludes halogenated alkanes) is 1. The van der Waals surface area contributed by atoms with Crippen LogP contribution in [0.15, 0.2) is 29.2 Å². The van der Waals surface area contributed by atoms with Crippen molar-refractivity contribution in [2.24, 2.45) is 0 Å². The van der Waals surface area contributed by atoms with Crippen molar-refractivity contribution in [3.05, 3.63) is 24.3 Å². The normalized spacial score (nSPS) is 10.7. The summed E-state index contributed by atoms with van der Waals surface area (Å²) < 4.78 is 41.9. The summed E-state index contributed by atoms with van der Waals surface area (Å²) in [6.07, 6.45) is 1.55. The second-order valence-corrected chi connectivity index (χ2v) is 5.96. The fourth-order valence-electron chi connectivity index (χ4n) is 1.68. The van der Waals surface area contributed by atoms with Crippen molar-refractivity contribution in [3.63, 3.8) is 0 Å². The van der Waals surface area contributed by atoms with E-state index in [1.165, 1.54) is 19.2 Å². The molecule has 1 aromatic carbocycles. The SMILES string of the molecule is COCC(=O)CCCCC(=O)Oc1ccc(S(=O)(=O)[O-])cc1.[Na+]. The van der Waals surface area contributed by atoms with Crippen LogP contribution in [0.1, 0.15) is 25.7 Å². The smallest absolute Gasteiger partial charge is 0.744 e. The molecule has 0 aliphatic heterocycles. The minimum atomic E-state index is -4.51. The predicted octanol–water partition coefficient (Wildman–Crippen LogP) is -1.72. The summed E-state index contributed by atoms with van der Waals surface area (Å²) in [6, 6.07) is 4.64. The van der Waals surface area contributed by atoms with Gasteiger partial charge in [0.25, 0.3) is 0 Å². The van der Waals surface area contributed by atoms with Crippen molar-refractivity contribution in [2.45, 2.75) is 30.6 Å². The number of ether oxygens (including phenoxy) is 2. The predicted molar refractivity (Wildman–Crippen MR) is 75.4 cm³/mol. The van der Waals surface area contributed by atoms with Crippen molar-refractivity contribution in [3.8, 4) is 5.75 Å². The Morgan fingerprint density at radius 1 is 1.09 bits per heavy atom. The van der Waals surface area contributed by atoms with Crippen molar-refractivity contribution in [2.75, 3.05) is 13.7 Å². The third-order valence-corrected chi connectivity index (χ3v) is 3.59. The van der Waals surface area contributed by atoms with Gasteiger partial charge in [-0.2, -0.15) is 0 Å². The summed E-state index contributed by atoms with van der Waals surface area (Å²) in [5.41, 5.74) is 0. The molecular formula is C14H17NaO7S. The van der Waals surface area contributed by atoms with Gasteiger partial charge in [-0.25, -0.2) is 8.42 Å². The molecule has 122 valence electrons. The molecule has 1 rings (SSSR count). The van der Waals surface area contributed by atoms with Crippen LogP contribution in [-0.2, 0) is 24.4 Å². The maximum absolute atomic E-state index is 11.6. The minimum absolute atomic E-state index is 0. The average molecular weight is 352 g/mol. The first-order valence-corrected chi connectivity index (χ1v) is 8.01. The zero-order valence-electron chi connectivity index (χ0n) is 13.1. The summed E-state index contributed by atoms with van der Waals surface area (Å²) >= 11 is 0. The molecule has 0 saturated heterocycles. The van der Waals surface area contributed by atoms with E-state index in [1.807, 2.05) is 0 Å². The number of rotatable bonds is 9. The summed E-state index contributed by atoms with van der Waals surface area (Å²) in [4.78, 5) is 22.3. The molecule has 0 spiro atoms. The van der Waals surface area contributed by atoms with Crippen LogP contribution in [-0.4, -0.2) is 38.4 Å². The first-order valence-electron chi connectivity index (χ1n) is 6.60. The Bertz CT molecular complexity index is 611. The number of benzene rings is 1. The van der Waals surface area contributed by atoms with E-state index in [0.29, 0.717) is 19.3 Å². The van der Waals surface area contributed by atoms with Crippen LogP contribution >= 0.6 is 0 Å². The topological polar surface area (TPSA) is 110 Å². The zero-order chi connectivity index (χ0) is 16.6. The van der Waals surface area contributed by atoms with Crippen LogP contribution in [0, 0.1) is 0 Å². The monoisotopic (exact) mass is 352 g/mol. The van der Waals surface area contributed by atoms with Crippen LogP contribution in [0.4, 0.5) is 0 Å². The zero-order valence-corrected chi connectivity index (χ0v) is 15.9. The maximum atomic E-state index is 11.6. The minimum Gasteiger partial charge on any atom is -0.744 e. The number of hydrogen-bond acceptors (Lipinski definition) is 7. The Hall–Kier alpha value is -0.770. The number of carbonyl (C=O) groups excluding carboxylic acids is 2. The summed E-state index contributed by atoms with van der Waals surface area (Å²) in [5, 5.41) is 0. The van der Waals surface area contributed by atoms with Gasteiger partial charge in [0, 0.05) is 20.0 Å². The van der Waals surface area contributed by atoms with E-state index in [9.17, 15) is 22.6 Å². The maximum Gasteiger partial charge on any atom is 1.00 e. The van der Waals surface area contributed by atoms with Gasteiger partial charge in [0.15, 0.2) is 5.78 Å². The van der Waals surface area contributed by atoms with Gasteiger partial charge in [-0.1, -0.05) is 0 Å². The van der Waals surface area contributed by atoms with Crippen molar-refractivity contribution in [1.82, 2.24) is 0 Å². The number of hydrogen-bond donors (Lipinski definition) is 0. The van der Waals surface area contributed by atoms with Crippen LogP contribution in [0.2, 0.25) is 0 Å². The van der Waals surface area contributed by atoms with Gasteiger partial charge in [0.05, 0.1) is 4.90 Å². The van der Waals surface area contributed by atoms with E-state index in [1.54, 1.807) is 0 Å². The summed E-state index contributed by atoms with van der Waals surface area (Å²) in [6.45, 7) is 0.0689. The molecule has 1 aromatic rings. The molecule has 0 N–H and O–H groups in total. The van der Waals surface area contributed by atoms with Gasteiger partial charge < -0.3 is 14.0 Å². The molecule has 7 nitrogen and oxygen atoms in total. The van der Waals surface area contributed by atoms with Gasteiger partial charge in [-0.3, -0.25) is 9.59 Å². The van der Waals surface area contributed by atoms with Crippen LogP contribution < -0.4 is 34.3 Å². The van der Waals surface area contributed by atoms with E-state index in [0.717, 1.165) is 12.1 Å². The third kappa shape index (κ3) is 9.19. The van der Waals surface area contributed by atoms with Crippen LogP contribution in [0.25, 0.3) is 0 Å². The molecule has 0 fully saturated rings. The standard InChI is InChI=1S/C14H18O7S.Na/c1-20-10-11(15)4-2-3-5-14(16)21-12-6-8-13(9-7-12)22(17,18)19;/h6-9H,2-5,10H2,1H3,(H,17,18,19);/q;+1/p-1. The second-order valence-electron chi connectivity index (χ2n) is 4.58. The fourth-order valence-corrected chi connectivity index (χ4v) is 2.15. The molecule has 0 unspecified atom stereocenters. The van der Waals surface area contributed by atoms with Gasteiger partial charge in [-0.05, 0) is 37.1 Å². The largest absolute Gasteiger partial charge is 1.00 e. The molecular weight excluding hydrogens is 335 g/mol. The van der Waals surface area contributed by atoms with Gasteiger partial charge in [0.2, 0.25) is 0 Å². The number of carbonyl (C=O) groups is 2. The number of esters is 1. The van der Waals surface area contributed by atoms with E-state index >= 15 is 0 Å². The second kappa shape index (κ2) is 10.9. The van der Waals surface area contributed by atoms with E-state index in [2.05, 4.69) is 4.74 Å². The van der Waals surface area contributed by atoms with Crippen LogP contribution in [0.5, 0.6) is 5.75 Å². The molecule has 0 bridgehead atoms. The first-order chi connectivity index (χ1) is 10.3. The first kappa shape index (κ1) is 22.2. The molecule has 0 aromatic heterocycles. The molecule has 23 heavy (non-hydrogen) atoms. The Morgan fingerprint density at radius 2 is 1.65 bits per heavy atom. The Labute approximate surface area is 157 Å². The van der Waals surface area contributed by atoms with Crippen molar-refractivity contribution < 1.29 is 61.6 Å². The molecule has 0 heterocycles. The van der Waals surface area contributed by atoms with Gasteiger partial charge >= 0.3 is 35.5 Å². The Morgan fingerprint density at radius 3 is 2.17 bits per heavy atom. The van der Waals surface area contributed by atoms with E-state index < -0.39 is 16.1 Å². The van der Waals surface area contributed by atoms with E-state index in [-0.39, 0.29) is 59.0 Å². The number of ketones is 1. The molecule has 0 aliphatic rings. The molecule has 0 atom stereocenters. The quantitative estimate of drug-likeness (QED) is 0.171. The molecule has 0 saturated carbocycles. The van der Waals surface area contributed by atoms with Crippen molar-refractivity contribution >= 4 is 21.9 Å². The molecule has 0 aliphatic carbocycles. The molecule has 0 radical (unpaired) electrons. The Balaban J connectivity index is 0.00000484. The Kier molecular flexibility index (Phi) is 10.5. The molecule has 0 amide bonds. The third-order valence-electron chi connectivity index (χ3n) is 2.74.